The van der Waals surface area contributed by atoms with Gasteiger partial charge in [-0.3, -0.25) is 14.3 Å². The number of rotatable bonds is 7. The van der Waals surface area contributed by atoms with Crippen molar-refractivity contribution >= 4 is 40.4 Å². The predicted octanol–water partition coefficient (Wildman–Crippen LogP) is 5.02. The number of amides is 2. The van der Waals surface area contributed by atoms with Crippen molar-refractivity contribution in [2.45, 2.75) is 57.4 Å². The fourth-order valence-electron chi connectivity index (χ4n) is 4.91. The molecular formula is C27H28ClF3N8O2S. The Hall–Kier alpha value is -3.75. The minimum Gasteiger partial charge on any atom is -0.349 e. The normalized spacial score (nSPS) is 17.3. The predicted molar refractivity (Wildman–Crippen MR) is 152 cm³/mol. The Balaban J connectivity index is 1.32. The summed E-state index contributed by atoms with van der Waals surface area (Å²) in [5.74, 6) is -1.12. The number of thiazole rings is 1. The van der Waals surface area contributed by atoms with Gasteiger partial charge in [0.2, 0.25) is 0 Å². The van der Waals surface area contributed by atoms with Crippen LogP contribution in [0.5, 0.6) is 0 Å². The third kappa shape index (κ3) is 6.50. The summed E-state index contributed by atoms with van der Waals surface area (Å²) in [6, 6.07) is 4.63. The van der Waals surface area contributed by atoms with Crippen molar-refractivity contribution in [3.8, 4) is 11.3 Å². The van der Waals surface area contributed by atoms with E-state index in [1.54, 1.807) is 12.3 Å². The number of carbonyl (C=O) groups is 2. The standard InChI is InChI=1S/C27H28ClF3N8O2S/c1-14-34-18(13-42-14)11-39-12-20(23(37-39)27(29,30)31)22-10-33-24(38(22)2)26(41)36-17-7-8-19(21(28)9-17)25(40)35-16-5-3-15(32)4-6-16/h7-10,12-13,15-16H,3-6,11,32H2,1-2H3,(H,35,40)(H,36,41). The van der Waals surface area contributed by atoms with E-state index in [-0.39, 0.29) is 57.9 Å². The molecule has 4 aromatic rings. The fourth-order valence-corrected chi connectivity index (χ4v) is 5.78. The molecule has 5 rings (SSSR count). The maximum Gasteiger partial charge on any atom is 0.435 e. The molecule has 4 N–H and O–H groups in total. The lowest BCUT2D eigenvalue weighted by Crippen LogP contribution is -2.40. The first kappa shape index (κ1) is 29.7. The minimum absolute atomic E-state index is 0.0202. The van der Waals surface area contributed by atoms with E-state index in [1.165, 1.54) is 58.2 Å². The number of aromatic nitrogens is 5. The van der Waals surface area contributed by atoms with E-state index in [1.807, 2.05) is 0 Å². The molecule has 0 radical (unpaired) electrons. The molecule has 0 atom stereocenters. The van der Waals surface area contributed by atoms with Crippen LogP contribution in [0.15, 0.2) is 36.0 Å². The Morgan fingerprint density at radius 1 is 1.19 bits per heavy atom. The Labute approximate surface area is 248 Å². The van der Waals surface area contributed by atoms with Crippen LogP contribution >= 0.6 is 22.9 Å². The molecule has 0 unspecified atom stereocenters. The van der Waals surface area contributed by atoms with Crippen molar-refractivity contribution in [3.05, 3.63) is 68.8 Å². The number of benzene rings is 1. The molecule has 42 heavy (non-hydrogen) atoms. The summed E-state index contributed by atoms with van der Waals surface area (Å²) in [5, 5.41) is 12.1. The first-order valence-corrected chi connectivity index (χ1v) is 14.4. The summed E-state index contributed by atoms with van der Waals surface area (Å²) in [6.07, 6.45) is 0.982. The zero-order valence-corrected chi connectivity index (χ0v) is 24.3. The Morgan fingerprint density at radius 3 is 2.57 bits per heavy atom. The van der Waals surface area contributed by atoms with Crippen LogP contribution in [-0.2, 0) is 19.8 Å². The molecule has 15 heteroatoms. The molecule has 1 saturated carbocycles. The van der Waals surface area contributed by atoms with Gasteiger partial charge in [-0.05, 0) is 50.8 Å². The molecule has 1 aliphatic rings. The minimum atomic E-state index is -4.74. The lowest BCUT2D eigenvalue weighted by atomic mass is 9.91. The van der Waals surface area contributed by atoms with Gasteiger partial charge in [-0.2, -0.15) is 18.3 Å². The molecule has 222 valence electrons. The number of hydrogen-bond acceptors (Lipinski definition) is 7. The molecule has 0 spiro atoms. The van der Waals surface area contributed by atoms with Crippen LogP contribution in [0.4, 0.5) is 18.9 Å². The van der Waals surface area contributed by atoms with Gasteiger partial charge in [-0.15, -0.1) is 11.3 Å². The maximum atomic E-state index is 13.9. The Kier molecular flexibility index (Phi) is 8.39. The number of alkyl halides is 3. The number of halogens is 4. The number of nitrogens with one attached hydrogen (secondary N) is 2. The summed E-state index contributed by atoms with van der Waals surface area (Å²) in [6.45, 7) is 1.86. The van der Waals surface area contributed by atoms with Gasteiger partial charge in [-0.1, -0.05) is 11.6 Å². The monoisotopic (exact) mass is 620 g/mol. The number of nitrogens with zero attached hydrogens (tertiary/aromatic N) is 5. The van der Waals surface area contributed by atoms with Gasteiger partial charge in [-0.25, -0.2) is 9.97 Å². The molecule has 0 saturated heterocycles. The summed E-state index contributed by atoms with van der Waals surface area (Å²) < 4.78 is 44.1. The average molecular weight is 621 g/mol. The summed E-state index contributed by atoms with van der Waals surface area (Å²) >= 11 is 7.75. The van der Waals surface area contributed by atoms with Crippen molar-refractivity contribution in [3.63, 3.8) is 0 Å². The van der Waals surface area contributed by atoms with Crippen molar-refractivity contribution < 1.29 is 22.8 Å². The number of hydrogen-bond donors (Lipinski definition) is 3. The van der Waals surface area contributed by atoms with E-state index in [2.05, 4.69) is 25.7 Å². The number of aryl methyl sites for hydroxylation is 1. The van der Waals surface area contributed by atoms with Gasteiger partial charge in [0.1, 0.15) is 0 Å². The summed E-state index contributed by atoms with van der Waals surface area (Å²) in [4.78, 5) is 34.2. The SMILES string of the molecule is Cc1nc(Cn2cc(-c3cnc(C(=O)Nc4ccc(C(=O)NC5CCC(N)CC5)c(Cl)c4)n3C)c(C(F)(F)F)n2)cs1. The molecule has 3 heterocycles. The van der Waals surface area contributed by atoms with Crippen LogP contribution in [0.25, 0.3) is 11.3 Å². The van der Waals surface area contributed by atoms with Crippen LogP contribution in [-0.4, -0.2) is 48.2 Å². The molecule has 10 nitrogen and oxygen atoms in total. The molecule has 3 aromatic heterocycles. The second-order valence-electron chi connectivity index (χ2n) is 10.2. The van der Waals surface area contributed by atoms with Gasteiger partial charge in [0.05, 0.1) is 45.3 Å². The molecular weight excluding hydrogens is 593 g/mol. The third-order valence-corrected chi connectivity index (χ3v) is 8.20. The number of anilines is 1. The molecule has 1 fully saturated rings. The lowest BCUT2D eigenvalue weighted by Gasteiger charge is -2.27. The quantitative estimate of drug-likeness (QED) is 0.266. The molecule has 0 bridgehead atoms. The van der Waals surface area contributed by atoms with E-state index in [4.69, 9.17) is 17.3 Å². The van der Waals surface area contributed by atoms with Gasteiger partial charge in [0.15, 0.2) is 11.5 Å². The van der Waals surface area contributed by atoms with E-state index >= 15 is 0 Å². The van der Waals surface area contributed by atoms with E-state index in [0.717, 1.165) is 30.7 Å². The first-order valence-electron chi connectivity index (χ1n) is 13.1. The average Bonchev–Trinajstić information content (AvgIpc) is 3.63. The van der Waals surface area contributed by atoms with Gasteiger partial charge < -0.3 is 20.9 Å². The fraction of sp³-hybridized carbons (Fsp3) is 0.370. The van der Waals surface area contributed by atoms with Crippen molar-refractivity contribution in [1.29, 1.82) is 0 Å². The van der Waals surface area contributed by atoms with E-state index in [9.17, 15) is 22.8 Å². The van der Waals surface area contributed by atoms with Crippen molar-refractivity contribution in [1.82, 2.24) is 29.6 Å². The zero-order chi connectivity index (χ0) is 30.2. The largest absolute Gasteiger partial charge is 0.435 e. The van der Waals surface area contributed by atoms with Crippen LogP contribution in [0.1, 0.15) is 63.1 Å². The Bertz CT molecular complexity index is 1620. The molecule has 0 aliphatic heterocycles. The lowest BCUT2D eigenvalue weighted by molar-refractivity contribution is -0.141. The van der Waals surface area contributed by atoms with Gasteiger partial charge in [0.25, 0.3) is 11.8 Å². The van der Waals surface area contributed by atoms with Crippen LogP contribution in [0, 0.1) is 6.92 Å². The number of carbonyl (C=O) groups excluding carboxylic acids is 2. The van der Waals surface area contributed by atoms with Gasteiger partial charge >= 0.3 is 6.18 Å². The van der Waals surface area contributed by atoms with Crippen LogP contribution in [0.2, 0.25) is 5.02 Å². The molecule has 2 amide bonds. The van der Waals surface area contributed by atoms with Crippen molar-refractivity contribution in [2.24, 2.45) is 12.8 Å². The van der Waals surface area contributed by atoms with Crippen LogP contribution < -0.4 is 16.4 Å². The van der Waals surface area contributed by atoms with Crippen molar-refractivity contribution in [2.75, 3.05) is 5.32 Å². The van der Waals surface area contributed by atoms with E-state index < -0.39 is 17.8 Å². The summed E-state index contributed by atoms with van der Waals surface area (Å²) in [7, 11) is 1.44. The smallest absolute Gasteiger partial charge is 0.349 e. The van der Waals surface area contributed by atoms with Crippen LogP contribution in [0.3, 0.4) is 0 Å². The zero-order valence-electron chi connectivity index (χ0n) is 22.7. The van der Waals surface area contributed by atoms with E-state index in [0.29, 0.717) is 5.69 Å². The highest BCUT2D eigenvalue weighted by Gasteiger charge is 2.38. The summed E-state index contributed by atoms with van der Waals surface area (Å²) in [5.41, 5.74) is 5.80. The molecule has 1 aliphatic carbocycles. The Morgan fingerprint density at radius 2 is 1.93 bits per heavy atom. The third-order valence-electron chi connectivity index (χ3n) is 7.07. The molecule has 1 aromatic carbocycles. The second kappa shape index (κ2) is 11.9. The number of imidazole rings is 1. The van der Waals surface area contributed by atoms with Gasteiger partial charge in [0, 0.05) is 36.4 Å². The highest BCUT2D eigenvalue weighted by atomic mass is 35.5. The highest BCUT2D eigenvalue weighted by Crippen LogP contribution is 2.36. The highest BCUT2D eigenvalue weighted by molar-refractivity contribution is 7.09. The maximum absolute atomic E-state index is 13.9. The second-order valence-corrected chi connectivity index (χ2v) is 11.7. The number of nitrogens with two attached hydrogens (primary N) is 1. The topological polar surface area (TPSA) is 133 Å². The first-order chi connectivity index (χ1) is 19.9.